The number of amides is 1. The van der Waals surface area contributed by atoms with Gasteiger partial charge in [-0.2, -0.15) is 15.4 Å². The van der Waals surface area contributed by atoms with Crippen LogP contribution in [0, 0.1) is 0 Å². The van der Waals surface area contributed by atoms with Gasteiger partial charge in [0.15, 0.2) is 0 Å². The lowest BCUT2D eigenvalue weighted by Crippen LogP contribution is -2.31. The molecule has 1 aromatic carbocycles. The van der Waals surface area contributed by atoms with Crippen molar-refractivity contribution in [2.45, 2.75) is 25.4 Å². The summed E-state index contributed by atoms with van der Waals surface area (Å²) in [4.78, 5) is 26.1. The van der Waals surface area contributed by atoms with E-state index in [0.29, 0.717) is 11.1 Å². The molecule has 26 heavy (non-hydrogen) atoms. The van der Waals surface area contributed by atoms with Gasteiger partial charge < -0.3 is 9.80 Å². The summed E-state index contributed by atoms with van der Waals surface area (Å²) in [6.45, 7) is 1.45. The molecular formula is C18H21N7O. The third-order valence-corrected chi connectivity index (χ3v) is 4.60. The van der Waals surface area contributed by atoms with E-state index in [2.05, 4.69) is 25.3 Å². The quantitative estimate of drug-likeness (QED) is 0.770. The normalized spacial score (nSPS) is 17.3. The van der Waals surface area contributed by atoms with Gasteiger partial charge in [0.1, 0.15) is 11.0 Å². The second kappa shape index (κ2) is 6.80. The molecule has 3 aromatic rings. The maximum absolute atomic E-state index is 13.1. The lowest BCUT2D eigenvalue weighted by molar-refractivity contribution is 0.0732. The van der Waals surface area contributed by atoms with Crippen molar-refractivity contribution < 1.29 is 4.79 Å². The molecule has 1 atom stereocenters. The third-order valence-electron chi connectivity index (χ3n) is 4.60. The van der Waals surface area contributed by atoms with E-state index >= 15 is 0 Å². The molecule has 1 aliphatic rings. The van der Waals surface area contributed by atoms with Crippen LogP contribution in [0.15, 0.2) is 30.6 Å². The van der Waals surface area contributed by atoms with E-state index in [9.17, 15) is 4.79 Å². The minimum atomic E-state index is -0.0369. The van der Waals surface area contributed by atoms with Crippen LogP contribution in [0.1, 0.15) is 40.6 Å². The summed E-state index contributed by atoms with van der Waals surface area (Å²) in [7, 11) is 4.00. The molecule has 0 bridgehead atoms. The number of benzene rings is 1. The summed E-state index contributed by atoms with van der Waals surface area (Å²) in [5.74, 6) is -0.00258. The van der Waals surface area contributed by atoms with Gasteiger partial charge in [-0.15, -0.1) is 0 Å². The van der Waals surface area contributed by atoms with E-state index in [0.717, 1.165) is 42.8 Å². The van der Waals surface area contributed by atoms with Gasteiger partial charge in [-0.3, -0.25) is 14.8 Å². The van der Waals surface area contributed by atoms with Crippen molar-refractivity contribution >= 4 is 16.9 Å². The Morgan fingerprint density at radius 2 is 2.12 bits per heavy atom. The van der Waals surface area contributed by atoms with Crippen molar-refractivity contribution in [2.24, 2.45) is 0 Å². The Morgan fingerprint density at radius 3 is 2.96 bits per heavy atom. The first kappa shape index (κ1) is 16.6. The maximum atomic E-state index is 13.1. The van der Waals surface area contributed by atoms with Gasteiger partial charge in [0.05, 0.1) is 23.6 Å². The molecular weight excluding hydrogens is 330 g/mol. The zero-order valence-corrected chi connectivity index (χ0v) is 14.9. The molecule has 1 aliphatic heterocycles. The highest BCUT2D eigenvalue weighted by atomic mass is 16.2. The first-order valence-corrected chi connectivity index (χ1v) is 8.69. The van der Waals surface area contributed by atoms with E-state index in [1.54, 1.807) is 24.5 Å². The SMILES string of the molecule is CN(C)Cc1cncc([C@H]2CCCN2C(=O)c2ccc3n[nH]nc3c2)n1. The molecule has 134 valence electrons. The van der Waals surface area contributed by atoms with Crippen LogP contribution < -0.4 is 0 Å². The number of carbonyl (C=O) groups excluding carboxylic acids is 1. The van der Waals surface area contributed by atoms with Crippen LogP contribution in [-0.2, 0) is 6.54 Å². The summed E-state index contributed by atoms with van der Waals surface area (Å²) in [6.07, 6.45) is 5.42. The second-order valence-corrected chi connectivity index (χ2v) is 6.86. The molecule has 1 fully saturated rings. The average molecular weight is 351 g/mol. The fourth-order valence-corrected chi connectivity index (χ4v) is 3.44. The smallest absolute Gasteiger partial charge is 0.254 e. The van der Waals surface area contributed by atoms with Gasteiger partial charge >= 0.3 is 0 Å². The molecule has 2 aromatic heterocycles. The van der Waals surface area contributed by atoms with Crippen molar-refractivity contribution in [2.75, 3.05) is 20.6 Å². The Hall–Kier alpha value is -2.87. The zero-order valence-electron chi connectivity index (χ0n) is 14.9. The minimum absolute atomic E-state index is 0.00258. The Morgan fingerprint density at radius 1 is 1.27 bits per heavy atom. The van der Waals surface area contributed by atoms with Crippen LogP contribution in [0.2, 0.25) is 0 Å². The maximum Gasteiger partial charge on any atom is 0.254 e. The highest BCUT2D eigenvalue weighted by Gasteiger charge is 2.32. The van der Waals surface area contributed by atoms with Crippen LogP contribution in [0.3, 0.4) is 0 Å². The monoisotopic (exact) mass is 351 g/mol. The third kappa shape index (κ3) is 3.15. The predicted octanol–water partition coefficient (Wildman–Crippen LogP) is 1.79. The number of hydrogen-bond acceptors (Lipinski definition) is 6. The number of rotatable bonds is 4. The molecule has 1 N–H and O–H groups in total. The fourth-order valence-electron chi connectivity index (χ4n) is 3.44. The van der Waals surface area contributed by atoms with Gasteiger partial charge in [-0.25, -0.2) is 0 Å². The topological polar surface area (TPSA) is 90.9 Å². The van der Waals surface area contributed by atoms with Crippen molar-refractivity contribution in [1.82, 2.24) is 35.2 Å². The number of aromatic nitrogens is 5. The largest absolute Gasteiger partial charge is 0.330 e. The van der Waals surface area contributed by atoms with Crippen LogP contribution in [-0.4, -0.2) is 61.7 Å². The summed E-state index contributed by atoms with van der Waals surface area (Å²) in [6, 6.07) is 5.36. The molecule has 0 saturated carbocycles. The second-order valence-electron chi connectivity index (χ2n) is 6.86. The van der Waals surface area contributed by atoms with Gasteiger partial charge in [0.25, 0.3) is 5.91 Å². The first-order valence-electron chi connectivity index (χ1n) is 8.69. The van der Waals surface area contributed by atoms with Crippen LogP contribution in [0.5, 0.6) is 0 Å². The number of H-pyrrole nitrogens is 1. The van der Waals surface area contributed by atoms with E-state index in [1.165, 1.54) is 0 Å². The summed E-state index contributed by atoms with van der Waals surface area (Å²) < 4.78 is 0. The molecule has 1 saturated heterocycles. The van der Waals surface area contributed by atoms with E-state index < -0.39 is 0 Å². The molecule has 4 rings (SSSR count). The van der Waals surface area contributed by atoms with Gasteiger partial charge in [-0.1, -0.05) is 0 Å². The van der Waals surface area contributed by atoms with Crippen LogP contribution in [0.4, 0.5) is 0 Å². The minimum Gasteiger partial charge on any atom is -0.330 e. The van der Waals surface area contributed by atoms with E-state index in [4.69, 9.17) is 4.98 Å². The highest BCUT2D eigenvalue weighted by molar-refractivity contribution is 5.97. The Balaban J connectivity index is 1.60. The summed E-state index contributed by atoms with van der Waals surface area (Å²) in [5, 5.41) is 10.7. The number of hydrogen-bond donors (Lipinski definition) is 1. The number of aromatic amines is 1. The standard InChI is InChI=1S/C18H21N7O/c1-24(2)11-13-9-19-10-16(20-13)17-4-3-7-25(17)18(26)12-5-6-14-15(8-12)22-23-21-14/h5-6,8-10,17H,3-4,7,11H2,1-2H3,(H,21,22,23)/t17-/m1/s1. The number of likely N-dealkylation sites (tertiary alicyclic amines) is 1. The zero-order chi connectivity index (χ0) is 18.1. The molecule has 1 amide bonds. The molecule has 8 nitrogen and oxygen atoms in total. The number of nitrogens with one attached hydrogen (secondary N) is 1. The average Bonchev–Trinajstić information content (AvgIpc) is 3.29. The molecule has 0 aliphatic carbocycles. The van der Waals surface area contributed by atoms with Gasteiger partial charge in [-0.05, 0) is 45.1 Å². The lowest BCUT2D eigenvalue weighted by atomic mass is 10.1. The van der Waals surface area contributed by atoms with Gasteiger partial charge in [0, 0.05) is 24.8 Å². The van der Waals surface area contributed by atoms with Crippen molar-refractivity contribution in [3.8, 4) is 0 Å². The van der Waals surface area contributed by atoms with Gasteiger partial charge in [0.2, 0.25) is 0 Å². The number of fused-ring (bicyclic) bond motifs is 1. The highest BCUT2D eigenvalue weighted by Crippen LogP contribution is 2.32. The first-order chi connectivity index (χ1) is 12.6. The van der Waals surface area contributed by atoms with Crippen molar-refractivity contribution in [3.05, 3.63) is 47.5 Å². The Bertz CT molecular complexity index is 936. The van der Waals surface area contributed by atoms with Crippen LogP contribution in [0.25, 0.3) is 11.0 Å². The number of nitrogens with zero attached hydrogens (tertiary/aromatic N) is 6. The molecule has 0 spiro atoms. The summed E-state index contributed by atoms with van der Waals surface area (Å²) >= 11 is 0. The van der Waals surface area contributed by atoms with E-state index in [1.807, 2.05) is 25.1 Å². The Kier molecular flexibility index (Phi) is 4.34. The molecule has 0 unspecified atom stereocenters. The van der Waals surface area contributed by atoms with Crippen molar-refractivity contribution in [3.63, 3.8) is 0 Å². The van der Waals surface area contributed by atoms with Crippen molar-refractivity contribution in [1.29, 1.82) is 0 Å². The Labute approximate surface area is 151 Å². The predicted molar refractivity (Wildman–Crippen MR) is 96.3 cm³/mol. The lowest BCUT2D eigenvalue weighted by Gasteiger charge is -2.24. The fraction of sp³-hybridized carbons (Fsp3) is 0.389. The van der Waals surface area contributed by atoms with Crippen LogP contribution >= 0.6 is 0 Å². The van der Waals surface area contributed by atoms with E-state index in [-0.39, 0.29) is 11.9 Å². The molecule has 3 heterocycles. The summed E-state index contributed by atoms with van der Waals surface area (Å²) in [5.41, 5.74) is 3.84. The number of carbonyl (C=O) groups is 1. The molecule has 8 heteroatoms. The molecule has 0 radical (unpaired) electrons.